The Morgan fingerprint density at radius 1 is 1.33 bits per heavy atom. The van der Waals surface area contributed by atoms with Gasteiger partial charge < -0.3 is 10.4 Å². The Morgan fingerprint density at radius 2 is 1.75 bits per heavy atom. The molecule has 0 heterocycles. The van der Waals surface area contributed by atoms with Crippen LogP contribution in [0.2, 0.25) is 0 Å². The van der Waals surface area contributed by atoms with Gasteiger partial charge in [-0.05, 0) is 19.3 Å². The molecule has 1 amide bonds. The molecular weight excluding hydrogens is 154 g/mol. The summed E-state index contributed by atoms with van der Waals surface area (Å²) in [4.78, 5) is 11.0. The molecule has 0 fully saturated rings. The number of rotatable bonds is 2. The molecule has 12 heavy (non-hydrogen) atoms. The lowest BCUT2D eigenvalue weighted by atomic mass is 9.88. The van der Waals surface area contributed by atoms with Crippen molar-refractivity contribution in [3.63, 3.8) is 0 Å². The Balaban J connectivity index is 4.02. The van der Waals surface area contributed by atoms with Crippen molar-refractivity contribution in [2.24, 2.45) is 5.41 Å². The van der Waals surface area contributed by atoms with Crippen LogP contribution in [-0.2, 0) is 4.79 Å². The first-order valence-electron chi connectivity index (χ1n) is 4.23. The van der Waals surface area contributed by atoms with Gasteiger partial charge in [0.1, 0.15) is 6.10 Å². The summed E-state index contributed by atoms with van der Waals surface area (Å²) in [5.74, 6) is -0.308. The van der Waals surface area contributed by atoms with E-state index in [1.165, 1.54) is 6.92 Å². The van der Waals surface area contributed by atoms with E-state index in [9.17, 15) is 4.79 Å². The lowest BCUT2D eigenvalue weighted by molar-refractivity contribution is -0.129. The van der Waals surface area contributed by atoms with Crippen LogP contribution in [0, 0.1) is 5.41 Å². The van der Waals surface area contributed by atoms with E-state index >= 15 is 0 Å². The van der Waals surface area contributed by atoms with Gasteiger partial charge in [-0.1, -0.05) is 20.8 Å². The van der Waals surface area contributed by atoms with E-state index in [0.29, 0.717) is 0 Å². The summed E-state index contributed by atoms with van der Waals surface area (Å²) >= 11 is 0. The fourth-order valence-electron chi connectivity index (χ4n) is 0.550. The summed E-state index contributed by atoms with van der Waals surface area (Å²) in [5.41, 5.74) is 0.0323. The highest BCUT2D eigenvalue weighted by Gasteiger charge is 2.22. The second-order valence-corrected chi connectivity index (χ2v) is 4.27. The Hall–Kier alpha value is -0.570. The van der Waals surface area contributed by atoms with Gasteiger partial charge in [-0.3, -0.25) is 4.79 Å². The van der Waals surface area contributed by atoms with Crippen molar-refractivity contribution in [2.45, 2.75) is 46.8 Å². The van der Waals surface area contributed by atoms with Crippen LogP contribution in [0.4, 0.5) is 0 Å². The largest absolute Gasteiger partial charge is 0.384 e. The molecule has 0 saturated heterocycles. The van der Waals surface area contributed by atoms with E-state index in [1.807, 2.05) is 27.7 Å². The molecule has 0 aliphatic carbocycles. The van der Waals surface area contributed by atoms with Crippen LogP contribution >= 0.6 is 0 Å². The monoisotopic (exact) mass is 173 g/mol. The number of carbonyl (C=O) groups is 1. The number of nitrogens with one attached hydrogen (secondary N) is 1. The smallest absolute Gasteiger partial charge is 0.248 e. The summed E-state index contributed by atoms with van der Waals surface area (Å²) in [5, 5.41) is 11.7. The van der Waals surface area contributed by atoms with Crippen LogP contribution in [0.1, 0.15) is 34.6 Å². The molecule has 0 spiro atoms. The van der Waals surface area contributed by atoms with Crippen LogP contribution in [-0.4, -0.2) is 23.2 Å². The normalized spacial score (nSPS) is 16.8. The van der Waals surface area contributed by atoms with Gasteiger partial charge in [0.15, 0.2) is 0 Å². The summed E-state index contributed by atoms with van der Waals surface area (Å²) in [6, 6.07) is 0.0691. The van der Waals surface area contributed by atoms with Gasteiger partial charge in [0.25, 0.3) is 0 Å². The van der Waals surface area contributed by atoms with Gasteiger partial charge in [-0.2, -0.15) is 0 Å². The zero-order chi connectivity index (χ0) is 9.94. The number of amides is 1. The van der Waals surface area contributed by atoms with Crippen LogP contribution in [0.5, 0.6) is 0 Å². The lowest BCUT2D eigenvalue weighted by Crippen LogP contribution is -2.45. The van der Waals surface area contributed by atoms with Gasteiger partial charge in [-0.15, -0.1) is 0 Å². The molecule has 2 N–H and O–H groups in total. The highest BCUT2D eigenvalue weighted by Crippen LogP contribution is 2.18. The first kappa shape index (κ1) is 11.4. The first-order chi connectivity index (χ1) is 5.25. The van der Waals surface area contributed by atoms with Gasteiger partial charge in [0.05, 0.1) is 0 Å². The molecule has 2 atom stereocenters. The maximum atomic E-state index is 11.0. The highest BCUT2D eigenvalue weighted by molar-refractivity contribution is 5.80. The van der Waals surface area contributed by atoms with Gasteiger partial charge >= 0.3 is 0 Å². The molecule has 0 aromatic rings. The SMILES string of the molecule is CC(NC(=O)[C@H](C)O)C(C)(C)C. The molecule has 0 aromatic carbocycles. The van der Waals surface area contributed by atoms with Crippen molar-refractivity contribution < 1.29 is 9.90 Å². The second-order valence-electron chi connectivity index (χ2n) is 4.27. The molecule has 3 heteroatoms. The van der Waals surface area contributed by atoms with Crippen molar-refractivity contribution in [2.75, 3.05) is 0 Å². The Labute approximate surface area is 74.2 Å². The quantitative estimate of drug-likeness (QED) is 0.652. The Kier molecular flexibility index (Phi) is 3.71. The summed E-state index contributed by atoms with van der Waals surface area (Å²) < 4.78 is 0. The molecular formula is C9H19NO2. The molecule has 0 aliphatic rings. The Morgan fingerprint density at radius 3 is 2.00 bits per heavy atom. The third-order valence-electron chi connectivity index (χ3n) is 2.04. The van der Waals surface area contributed by atoms with Crippen LogP contribution in [0.15, 0.2) is 0 Å². The number of aliphatic hydroxyl groups excluding tert-OH is 1. The minimum Gasteiger partial charge on any atom is -0.384 e. The molecule has 3 nitrogen and oxygen atoms in total. The van der Waals surface area contributed by atoms with E-state index < -0.39 is 6.10 Å². The van der Waals surface area contributed by atoms with Crippen LogP contribution in [0.3, 0.4) is 0 Å². The molecule has 0 rings (SSSR count). The van der Waals surface area contributed by atoms with E-state index in [-0.39, 0.29) is 17.4 Å². The summed E-state index contributed by atoms with van der Waals surface area (Å²) in [6.07, 6.45) is -0.921. The number of carbonyl (C=O) groups excluding carboxylic acids is 1. The molecule has 0 bridgehead atoms. The molecule has 0 saturated carbocycles. The number of aliphatic hydroxyl groups is 1. The number of hydrogen-bond acceptors (Lipinski definition) is 2. The van der Waals surface area contributed by atoms with E-state index in [0.717, 1.165) is 0 Å². The highest BCUT2D eigenvalue weighted by atomic mass is 16.3. The molecule has 72 valence electrons. The fourth-order valence-corrected chi connectivity index (χ4v) is 0.550. The zero-order valence-corrected chi connectivity index (χ0v) is 8.51. The Bertz CT molecular complexity index is 158. The standard InChI is InChI=1S/C9H19NO2/c1-6(11)8(12)10-7(2)9(3,4)5/h6-7,11H,1-5H3,(H,10,12)/t6-,7?/m0/s1. The zero-order valence-electron chi connectivity index (χ0n) is 8.51. The molecule has 1 unspecified atom stereocenters. The predicted molar refractivity (Wildman–Crippen MR) is 48.7 cm³/mol. The van der Waals surface area contributed by atoms with Gasteiger partial charge in [0.2, 0.25) is 5.91 Å². The average molecular weight is 173 g/mol. The first-order valence-corrected chi connectivity index (χ1v) is 4.23. The lowest BCUT2D eigenvalue weighted by Gasteiger charge is -2.28. The maximum Gasteiger partial charge on any atom is 0.248 e. The maximum absolute atomic E-state index is 11.0. The fraction of sp³-hybridized carbons (Fsp3) is 0.889. The second kappa shape index (κ2) is 3.90. The van der Waals surface area contributed by atoms with Crippen molar-refractivity contribution in [3.05, 3.63) is 0 Å². The topological polar surface area (TPSA) is 49.3 Å². The van der Waals surface area contributed by atoms with Crippen molar-refractivity contribution in [3.8, 4) is 0 Å². The summed E-state index contributed by atoms with van der Waals surface area (Å²) in [7, 11) is 0. The third kappa shape index (κ3) is 3.72. The van der Waals surface area contributed by atoms with E-state index in [4.69, 9.17) is 5.11 Å². The molecule has 0 aromatic heterocycles. The minimum absolute atomic E-state index is 0.0323. The van der Waals surface area contributed by atoms with E-state index in [1.54, 1.807) is 0 Å². The summed E-state index contributed by atoms with van der Waals surface area (Å²) in [6.45, 7) is 9.52. The van der Waals surface area contributed by atoms with Crippen LogP contribution < -0.4 is 5.32 Å². The van der Waals surface area contributed by atoms with Gasteiger partial charge in [-0.25, -0.2) is 0 Å². The molecule has 0 radical (unpaired) electrons. The van der Waals surface area contributed by atoms with Gasteiger partial charge in [0, 0.05) is 6.04 Å². The van der Waals surface area contributed by atoms with Crippen molar-refractivity contribution in [1.29, 1.82) is 0 Å². The van der Waals surface area contributed by atoms with E-state index in [2.05, 4.69) is 5.32 Å². The minimum atomic E-state index is -0.921. The van der Waals surface area contributed by atoms with Crippen molar-refractivity contribution in [1.82, 2.24) is 5.32 Å². The number of hydrogen-bond donors (Lipinski definition) is 2. The predicted octanol–water partition coefficient (Wildman–Crippen LogP) is 0.918. The van der Waals surface area contributed by atoms with Crippen LogP contribution in [0.25, 0.3) is 0 Å². The molecule has 0 aliphatic heterocycles. The average Bonchev–Trinajstić information content (AvgIpc) is 1.85. The van der Waals surface area contributed by atoms with Crippen molar-refractivity contribution >= 4 is 5.91 Å². The third-order valence-corrected chi connectivity index (χ3v) is 2.04.